The van der Waals surface area contributed by atoms with Crippen LogP contribution in [0.1, 0.15) is 54.4 Å². The Morgan fingerprint density at radius 2 is 1.67 bits per heavy atom. The van der Waals surface area contributed by atoms with Crippen molar-refractivity contribution in [2.75, 3.05) is 57.8 Å². The molecule has 10 nitrogen and oxygen atoms in total. The number of carboxylic acids is 1. The number of alkyl halides is 1. The Hall–Kier alpha value is -3.42. The van der Waals surface area contributed by atoms with Crippen LogP contribution in [0.4, 0.5) is 14.5 Å². The quantitative estimate of drug-likeness (QED) is 0.261. The van der Waals surface area contributed by atoms with Crippen LogP contribution in [-0.2, 0) is 27.8 Å². The molecule has 264 valence electrons. The van der Waals surface area contributed by atoms with Crippen molar-refractivity contribution < 1.29 is 33.0 Å². The number of anilines is 1. The number of aromatic nitrogens is 1. The van der Waals surface area contributed by atoms with Crippen LogP contribution in [-0.4, -0.2) is 106 Å². The fourth-order valence-electron chi connectivity index (χ4n) is 7.66. The molecular formula is C36H44ClF2N5O5. The highest BCUT2D eigenvalue weighted by Crippen LogP contribution is 2.37. The monoisotopic (exact) mass is 699 g/mol. The number of halogens is 3. The molecule has 3 heterocycles. The average molecular weight is 700 g/mol. The molecule has 1 aliphatic carbocycles. The van der Waals surface area contributed by atoms with Crippen molar-refractivity contribution in [3.05, 3.63) is 64.6 Å². The molecule has 0 bridgehead atoms. The molecule has 2 aromatic carbocycles. The fraction of sp³-hybridized carbons (Fsp3) is 0.528. The third-order valence-corrected chi connectivity index (χ3v) is 10.6. The molecule has 1 aromatic heterocycles. The fourth-order valence-corrected chi connectivity index (χ4v) is 7.90. The van der Waals surface area contributed by atoms with E-state index in [0.717, 1.165) is 29.8 Å². The van der Waals surface area contributed by atoms with Gasteiger partial charge in [-0.05, 0) is 62.3 Å². The summed E-state index contributed by atoms with van der Waals surface area (Å²) in [5, 5.41) is 13.1. The number of amides is 1. The molecule has 3 aliphatic rings. The molecule has 6 rings (SSSR count). The lowest BCUT2D eigenvalue weighted by Gasteiger charge is -2.52. The van der Waals surface area contributed by atoms with E-state index in [1.807, 2.05) is 50.6 Å². The van der Waals surface area contributed by atoms with E-state index in [2.05, 4.69) is 5.32 Å². The standard InChI is InChI=1S/C36H44ClF2N5O5/c1-41-23-28(27-6-2-3-7-32(27)41)34(46)40-31-22-30(39)25(20-29(31)37)21-33(45)36(43-13-4-5-14-43,44-18-16-42(15-12-38)17-19-44)49-26-10-8-24(9-11-26)35(47)48/h2-3,6-7,20,22-24,26H,4-5,8-19,21H2,1H3,(H,40,46)(H,47,48)/t24-,26-,36?. The Kier molecular flexibility index (Phi) is 11.0. The van der Waals surface area contributed by atoms with Gasteiger partial charge in [-0.1, -0.05) is 29.8 Å². The first kappa shape index (κ1) is 35.4. The van der Waals surface area contributed by atoms with Crippen molar-refractivity contribution in [2.45, 2.75) is 56.9 Å². The predicted molar refractivity (Wildman–Crippen MR) is 183 cm³/mol. The molecule has 1 saturated carbocycles. The molecular weight excluding hydrogens is 656 g/mol. The van der Waals surface area contributed by atoms with Crippen molar-refractivity contribution in [3.8, 4) is 0 Å². The number of likely N-dealkylation sites (tertiary alicyclic amines) is 1. The molecule has 1 amide bonds. The summed E-state index contributed by atoms with van der Waals surface area (Å²) in [7, 11) is 1.84. The highest BCUT2D eigenvalue weighted by Gasteiger charge is 2.53. The summed E-state index contributed by atoms with van der Waals surface area (Å²) in [6.45, 7) is 3.08. The van der Waals surface area contributed by atoms with Gasteiger partial charge >= 0.3 is 5.97 Å². The van der Waals surface area contributed by atoms with E-state index in [1.54, 1.807) is 6.20 Å². The van der Waals surface area contributed by atoms with E-state index in [4.69, 9.17) is 16.3 Å². The zero-order valence-corrected chi connectivity index (χ0v) is 28.6. The minimum atomic E-state index is -1.50. The lowest BCUT2D eigenvalue weighted by atomic mass is 9.87. The molecule has 3 fully saturated rings. The highest BCUT2D eigenvalue weighted by molar-refractivity contribution is 6.34. The number of hydrogen-bond donors (Lipinski definition) is 2. The summed E-state index contributed by atoms with van der Waals surface area (Å²) in [5.74, 6) is -4.23. The number of carboxylic acid groups (broad SMARTS) is 1. The van der Waals surface area contributed by atoms with Gasteiger partial charge in [0.1, 0.15) is 12.5 Å². The molecule has 0 spiro atoms. The topological polar surface area (TPSA) is 107 Å². The molecule has 2 N–H and O–H groups in total. The van der Waals surface area contributed by atoms with Gasteiger partial charge in [-0.25, -0.2) is 8.78 Å². The molecule has 13 heteroatoms. The van der Waals surface area contributed by atoms with Crippen LogP contribution in [0.3, 0.4) is 0 Å². The maximum absolute atomic E-state index is 15.9. The molecule has 1 unspecified atom stereocenters. The van der Waals surface area contributed by atoms with Crippen LogP contribution < -0.4 is 5.32 Å². The summed E-state index contributed by atoms with van der Waals surface area (Å²) < 4.78 is 37.8. The second kappa shape index (κ2) is 15.2. The molecule has 3 aromatic rings. The van der Waals surface area contributed by atoms with Crippen molar-refractivity contribution in [1.82, 2.24) is 19.3 Å². The maximum atomic E-state index is 15.9. The molecule has 49 heavy (non-hydrogen) atoms. The number of carbonyl (C=O) groups excluding carboxylic acids is 2. The zero-order chi connectivity index (χ0) is 34.7. The van der Waals surface area contributed by atoms with Gasteiger partial charge in [0.25, 0.3) is 5.91 Å². The van der Waals surface area contributed by atoms with E-state index in [9.17, 15) is 23.9 Å². The average Bonchev–Trinajstić information content (AvgIpc) is 3.76. The lowest BCUT2D eigenvalue weighted by Crippen LogP contribution is -2.70. The Labute approximate surface area is 289 Å². The summed E-state index contributed by atoms with van der Waals surface area (Å²) >= 11 is 6.64. The van der Waals surface area contributed by atoms with Crippen LogP contribution in [0.2, 0.25) is 5.02 Å². The number of ketones is 1. The molecule has 0 radical (unpaired) electrons. The summed E-state index contributed by atoms with van der Waals surface area (Å²) in [4.78, 5) is 45.8. The van der Waals surface area contributed by atoms with Crippen LogP contribution >= 0.6 is 11.6 Å². The van der Waals surface area contributed by atoms with Gasteiger partial charge in [0, 0.05) is 76.4 Å². The number of Topliss-reactive ketones (excluding diaryl/α,β-unsaturated/α-hetero) is 1. The summed E-state index contributed by atoms with van der Waals surface area (Å²) in [6, 6.07) is 10.0. The number of nitrogens with one attached hydrogen (secondary N) is 1. The smallest absolute Gasteiger partial charge is 0.306 e. The number of carbonyl (C=O) groups is 3. The van der Waals surface area contributed by atoms with Crippen LogP contribution in [0.5, 0.6) is 0 Å². The van der Waals surface area contributed by atoms with E-state index in [1.165, 1.54) is 6.07 Å². The number of fused-ring (bicyclic) bond motifs is 1. The van der Waals surface area contributed by atoms with Gasteiger partial charge in [-0.3, -0.25) is 29.1 Å². The minimum Gasteiger partial charge on any atom is -0.481 e. The molecule has 1 atom stereocenters. The Bertz CT molecular complexity index is 1680. The number of aliphatic carboxylic acids is 1. The second-order valence-corrected chi connectivity index (χ2v) is 13.8. The SMILES string of the molecule is Cn1cc(C(=O)Nc2cc(F)c(CC(=O)C(O[C@H]3CC[C@H](C(=O)O)CC3)(N3CCCC3)N3CCN(CCF)CC3)cc2Cl)c2ccccc21. The molecule has 2 saturated heterocycles. The second-order valence-electron chi connectivity index (χ2n) is 13.4. The van der Waals surface area contributed by atoms with Crippen LogP contribution in [0.25, 0.3) is 10.9 Å². The number of piperazine rings is 1. The van der Waals surface area contributed by atoms with E-state index in [-0.39, 0.29) is 34.6 Å². The Morgan fingerprint density at radius 3 is 2.35 bits per heavy atom. The minimum absolute atomic E-state index is 0.0796. The first-order valence-electron chi connectivity index (χ1n) is 17.2. The first-order valence-corrected chi connectivity index (χ1v) is 17.5. The van der Waals surface area contributed by atoms with Crippen molar-refractivity contribution in [1.29, 1.82) is 0 Å². The highest BCUT2D eigenvalue weighted by atomic mass is 35.5. The normalized spacial score (nSPS) is 22.3. The Morgan fingerprint density at radius 1 is 1.00 bits per heavy atom. The third kappa shape index (κ3) is 7.39. The number of aryl methyl sites for hydroxylation is 1. The predicted octanol–water partition coefficient (Wildman–Crippen LogP) is 5.33. The van der Waals surface area contributed by atoms with Gasteiger partial charge in [0.2, 0.25) is 5.85 Å². The van der Waals surface area contributed by atoms with E-state index >= 15 is 4.39 Å². The first-order chi connectivity index (χ1) is 23.6. The van der Waals surface area contributed by atoms with E-state index in [0.29, 0.717) is 77.1 Å². The van der Waals surface area contributed by atoms with Gasteiger partial charge in [-0.2, -0.15) is 0 Å². The lowest BCUT2D eigenvalue weighted by molar-refractivity contribution is -0.260. The number of hydrogen-bond acceptors (Lipinski definition) is 7. The van der Waals surface area contributed by atoms with Crippen molar-refractivity contribution in [3.63, 3.8) is 0 Å². The Balaban J connectivity index is 1.27. The summed E-state index contributed by atoms with van der Waals surface area (Å²) in [5.41, 5.74) is 1.47. The molecule has 2 aliphatic heterocycles. The number of para-hydroxylation sites is 1. The third-order valence-electron chi connectivity index (χ3n) is 10.3. The van der Waals surface area contributed by atoms with Crippen LogP contribution in [0, 0.1) is 11.7 Å². The van der Waals surface area contributed by atoms with Gasteiger partial charge in [0.05, 0.1) is 28.3 Å². The van der Waals surface area contributed by atoms with Gasteiger partial charge < -0.3 is 19.7 Å². The zero-order valence-electron chi connectivity index (χ0n) is 27.8. The summed E-state index contributed by atoms with van der Waals surface area (Å²) in [6.07, 6.45) is 4.67. The van der Waals surface area contributed by atoms with Gasteiger partial charge in [0.15, 0.2) is 5.78 Å². The van der Waals surface area contributed by atoms with Crippen LogP contribution in [0.15, 0.2) is 42.6 Å². The maximum Gasteiger partial charge on any atom is 0.306 e. The van der Waals surface area contributed by atoms with Crippen molar-refractivity contribution >= 4 is 45.9 Å². The van der Waals surface area contributed by atoms with Gasteiger partial charge in [-0.15, -0.1) is 0 Å². The largest absolute Gasteiger partial charge is 0.481 e. The number of benzene rings is 2. The number of nitrogens with zero attached hydrogens (tertiary/aromatic N) is 4. The van der Waals surface area contributed by atoms with Crippen molar-refractivity contribution in [2.24, 2.45) is 13.0 Å². The number of ether oxygens (including phenoxy) is 1. The van der Waals surface area contributed by atoms with E-state index < -0.39 is 36.1 Å². The number of rotatable bonds is 12.